The van der Waals surface area contributed by atoms with Crippen molar-refractivity contribution in [2.75, 3.05) is 6.54 Å². The van der Waals surface area contributed by atoms with Gasteiger partial charge in [-0.3, -0.25) is 4.84 Å². The second-order valence-electron chi connectivity index (χ2n) is 5.05. The van der Waals surface area contributed by atoms with Crippen LogP contribution in [0.3, 0.4) is 0 Å². The van der Waals surface area contributed by atoms with Gasteiger partial charge in [0, 0.05) is 16.6 Å². The minimum atomic E-state index is -0.890. The van der Waals surface area contributed by atoms with Crippen molar-refractivity contribution < 1.29 is 14.7 Å². The molecule has 3 N–H and O–H groups in total. The fraction of sp³-hybridized carbons (Fsp3) is 0.500. The summed E-state index contributed by atoms with van der Waals surface area (Å²) in [5, 5.41) is 13.4. The zero-order chi connectivity index (χ0) is 15.2. The first-order chi connectivity index (χ1) is 10.0. The number of hydrogen-bond acceptors (Lipinski definition) is 3. The van der Waals surface area contributed by atoms with Crippen molar-refractivity contribution in [2.24, 2.45) is 0 Å². The van der Waals surface area contributed by atoms with Crippen LogP contribution < -0.4 is 10.8 Å². The number of carbonyl (C=O) groups excluding carboxylic acids is 1. The van der Waals surface area contributed by atoms with E-state index in [9.17, 15) is 9.90 Å². The number of carbonyl (C=O) groups is 1. The smallest absolute Gasteiger partial charge is 0.338 e. The Labute approximate surface area is 133 Å². The molecule has 0 heterocycles. The highest BCUT2D eigenvalue weighted by molar-refractivity contribution is 6.34. The molecule has 5 nitrogen and oxygen atoms in total. The summed E-state index contributed by atoms with van der Waals surface area (Å²) in [7, 11) is 0. The maximum atomic E-state index is 11.6. The molecular formula is C14H18Cl2N2O3. The van der Waals surface area contributed by atoms with E-state index in [2.05, 4.69) is 10.8 Å². The lowest BCUT2D eigenvalue weighted by atomic mass is 10.1. The Morgan fingerprint density at radius 1 is 1.29 bits per heavy atom. The number of nitrogens with one attached hydrogen (secondary N) is 2. The largest absolute Gasteiger partial charge is 0.387 e. The van der Waals surface area contributed by atoms with Crippen LogP contribution in [-0.2, 0) is 4.84 Å². The van der Waals surface area contributed by atoms with Crippen molar-refractivity contribution >= 4 is 29.2 Å². The van der Waals surface area contributed by atoms with Gasteiger partial charge in [-0.25, -0.2) is 10.3 Å². The van der Waals surface area contributed by atoms with E-state index < -0.39 is 12.1 Å². The molecule has 0 saturated heterocycles. The van der Waals surface area contributed by atoms with E-state index in [1.807, 2.05) is 0 Å². The van der Waals surface area contributed by atoms with Crippen LogP contribution in [0.25, 0.3) is 0 Å². The van der Waals surface area contributed by atoms with Gasteiger partial charge in [-0.1, -0.05) is 36.0 Å². The number of urea groups is 1. The zero-order valence-corrected chi connectivity index (χ0v) is 13.0. The minimum Gasteiger partial charge on any atom is -0.387 e. The Morgan fingerprint density at radius 3 is 2.52 bits per heavy atom. The first-order valence-corrected chi connectivity index (χ1v) is 7.64. The van der Waals surface area contributed by atoms with Crippen molar-refractivity contribution in [3.05, 3.63) is 33.8 Å². The molecule has 116 valence electrons. The summed E-state index contributed by atoms with van der Waals surface area (Å²) in [5.41, 5.74) is 2.89. The third kappa shape index (κ3) is 5.36. The van der Waals surface area contributed by atoms with E-state index in [4.69, 9.17) is 28.0 Å². The number of aliphatic hydroxyl groups is 1. The topological polar surface area (TPSA) is 70.6 Å². The van der Waals surface area contributed by atoms with E-state index >= 15 is 0 Å². The van der Waals surface area contributed by atoms with Crippen LogP contribution in [0.5, 0.6) is 0 Å². The number of amides is 2. The Bertz CT molecular complexity index is 473. The van der Waals surface area contributed by atoms with Crippen LogP contribution in [-0.4, -0.2) is 23.8 Å². The number of hydroxylamine groups is 1. The number of rotatable bonds is 5. The maximum absolute atomic E-state index is 11.6. The molecule has 2 rings (SSSR count). The SMILES string of the molecule is O=C(NCC(O)c1cc(Cl)cc(Cl)c1)NOC1CCCC1. The molecule has 1 saturated carbocycles. The minimum absolute atomic E-state index is 0.0382. The molecule has 1 aromatic rings. The molecule has 0 spiro atoms. The second kappa shape index (κ2) is 7.84. The molecule has 1 aliphatic rings. The van der Waals surface area contributed by atoms with Gasteiger partial charge < -0.3 is 10.4 Å². The molecule has 0 aromatic heterocycles. The van der Waals surface area contributed by atoms with E-state index in [1.165, 1.54) is 0 Å². The number of aliphatic hydroxyl groups excluding tert-OH is 1. The monoisotopic (exact) mass is 332 g/mol. The molecule has 1 aliphatic carbocycles. The standard InChI is InChI=1S/C14H18Cl2N2O3/c15-10-5-9(6-11(16)7-10)13(19)8-17-14(20)18-21-12-3-1-2-4-12/h5-7,12-13,19H,1-4,8H2,(H2,17,18,20). The Balaban J connectivity index is 1.74. The van der Waals surface area contributed by atoms with Crippen LogP contribution in [0.1, 0.15) is 37.4 Å². The number of halogens is 2. The highest BCUT2D eigenvalue weighted by Gasteiger charge is 2.17. The second-order valence-corrected chi connectivity index (χ2v) is 5.93. The predicted octanol–water partition coefficient (Wildman–Crippen LogP) is 3.20. The summed E-state index contributed by atoms with van der Waals surface area (Å²) < 4.78 is 0. The average molecular weight is 333 g/mol. The summed E-state index contributed by atoms with van der Waals surface area (Å²) >= 11 is 11.7. The number of hydrogen-bond donors (Lipinski definition) is 3. The summed E-state index contributed by atoms with van der Waals surface area (Å²) in [6.07, 6.45) is 3.38. The van der Waals surface area contributed by atoms with E-state index in [1.54, 1.807) is 18.2 Å². The van der Waals surface area contributed by atoms with Gasteiger partial charge in [-0.15, -0.1) is 0 Å². The van der Waals surface area contributed by atoms with Crippen LogP contribution in [0.2, 0.25) is 10.0 Å². The lowest BCUT2D eigenvalue weighted by Gasteiger charge is -2.15. The Kier molecular flexibility index (Phi) is 6.11. The van der Waals surface area contributed by atoms with Crippen molar-refractivity contribution in [1.82, 2.24) is 10.8 Å². The molecule has 0 aliphatic heterocycles. The number of benzene rings is 1. The highest BCUT2D eigenvalue weighted by Crippen LogP contribution is 2.23. The summed E-state index contributed by atoms with van der Waals surface area (Å²) in [4.78, 5) is 16.8. The van der Waals surface area contributed by atoms with E-state index in [0.29, 0.717) is 15.6 Å². The lowest BCUT2D eigenvalue weighted by Crippen LogP contribution is -2.39. The summed E-state index contributed by atoms with van der Waals surface area (Å²) in [6.45, 7) is 0.0382. The lowest BCUT2D eigenvalue weighted by molar-refractivity contribution is -0.000417. The van der Waals surface area contributed by atoms with Gasteiger partial charge in [0.1, 0.15) is 0 Å². The molecule has 7 heteroatoms. The third-order valence-corrected chi connectivity index (χ3v) is 3.78. The fourth-order valence-electron chi connectivity index (χ4n) is 2.25. The predicted molar refractivity (Wildman–Crippen MR) is 81.3 cm³/mol. The van der Waals surface area contributed by atoms with Gasteiger partial charge in [0.15, 0.2) is 0 Å². The van der Waals surface area contributed by atoms with Crippen LogP contribution in [0, 0.1) is 0 Å². The average Bonchev–Trinajstić information content (AvgIpc) is 2.94. The van der Waals surface area contributed by atoms with Gasteiger partial charge in [-0.05, 0) is 36.6 Å². The Morgan fingerprint density at radius 2 is 1.90 bits per heavy atom. The molecule has 1 aromatic carbocycles. The van der Waals surface area contributed by atoms with E-state index in [-0.39, 0.29) is 12.6 Å². The molecular weight excluding hydrogens is 315 g/mol. The van der Waals surface area contributed by atoms with Gasteiger partial charge >= 0.3 is 6.03 Å². The molecule has 0 bridgehead atoms. The highest BCUT2D eigenvalue weighted by atomic mass is 35.5. The fourth-order valence-corrected chi connectivity index (χ4v) is 2.80. The van der Waals surface area contributed by atoms with Crippen LogP contribution in [0.15, 0.2) is 18.2 Å². The maximum Gasteiger partial charge on any atom is 0.338 e. The van der Waals surface area contributed by atoms with Crippen molar-refractivity contribution in [2.45, 2.75) is 37.9 Å². The van der Waals surface area contributed by atoms with Crippen LogP contribution >= 0.6 is 23.2 Å². The van der Waals surface area contributed by atoms with Gasteiger partial charge in [0.2, 0.25) is 0 Å². The van der Waals surface area contributed by atoms with Gasteiger partial charge in [0.05, 0.1) is 12.2 Å². The molecule has 0 radical (unpaired) electrons. The van der Waals surface area contributed by atoms with Crippen molar-refractivity contribution in [3.63, 3.8) is 0 Å². The molecule has 1 unspecified atom stereocenters. The van der Waals surface area contributed by atoms with E-state index in [0.717, 1.165) is 25.7 Å². The quantitative estimate of drug-likeness (QED) is 0.725. The van der Waals surface area contributed by atoms with Crippen LogP contribution in [0.4, 0.5) is 4.79 Å². The first kappa shape index (κ1) is 16.4. The molecule has 1 atom stereocenters. The van der Waals surface area contributed by atoms with Crippen molar-refractivity contribution in [1.29, 1.82) is 0 Å². The van der Waals surface area contributed by atoms with Crippen molar-refractivity contribution in [3.8, 4) is 0 Å². The van der Waals surface area contributed by atoms with Gasteiger partial charge in [-0.2, -0.15) is 0 Å². The molecule has 1 fully saturated rings. The third-order valence-electron chi connectivity index (χ3n) is 3.35. The normalized spacial score (nSPS) is 16.7. The van der Waals surface area contributed by atoms with Gasteiger partial charge in [0.25, 0.3) is 0 Å². The Hall–Kier alpha value is -1.01. The summed E-state index contributed by atoms with van der Waals surface area (Å²) in [6, 6.07) is 4.31. The zero-order valence-electron chi connectivity index (χ0n) is 11.4. The molecule has 21 heavy (non-hydrogen) atoms. The molecule has 2 amide bonds. The summed E-state index contributed by atoms with van der Waals surface area (Å²) in [5.74, 6) is 0. The first-order valence-electron chi connectivity index (χ1n) is 6.88.